The van der Waals surface area contributed by atoms with Gasteiger partial charge in [-0.15, -0.1) is 0 Å². The second-order valence-electron chi connectivity index (χ2n) is 8.45. The Morgan fingerprint density at radius 3 is 2.71 bits per heavy atom. The summed E-state index contributed by atoms with van der Waals surface area (Å²) in [6, 6.07) is 20.3. The van der Waals surface area contributed by atoms with Crippen molar-refractivity contribution in [3.63, 3.8) is 0 Å². The van der Waals surface area contributed by atoms with Gasteiger partial charge in [0.2, 0.25) is 0 Å². The van der Waals surface area contributed by atoms with Crippen molar-refractivity contribution in [1.82, 2.24) is 9.88 Å². The molecule has 0 radical (unpaired) electrons. The molecule has 1 aromatic heterocycles. The normalized spacial score (nSPS) is 13.3. The number of hydrogen-bond donors (Lipinski definition) is 3. The van der Waals surface area contributed by atoms with Gasteiger partial charge < -0.3 is 20.8 Å². The molecule has 0 unspecified atom stereocenters. The van der Waals surface area contributed by atoms with E-state index in [4.69, 9.17) is 22.1 Å². The minimum Gasteiger partial charge on any atom is -0.408 e. The molecule has 0 spiro atoms. The maximum Gasteiger partial charge on any atom is 0.410 e. The van der Waals surface area contributed by atoms with Crippen LogP contribution in [0.2, 0.25) is 5.02 Å². The summed E-state index contributed by atoms with van der Waals surface area (Å²) >= 11 is 6.49. The monoisotopic (exact) mass is 486 g/mol. The van der Waals surface area contributed by atoms with Crippen molar-refractivity contribution < 1.29 is 14.3 Å². The Kier molecular flexibility index (Phi) is 6.27. The molecule has 3 aromatic carbocycles. The number of anilines is 1. The van der Waals surface area contributed by atoms with Crippen molar-refractivity contribution in [2.45, 2.75) is 6.54 Å². The second kappa shape index (κ2) is 9.66. The number of fused-ring (bicyclic) bond motifs is 1. The van der Waals surface area contributed by atoms with Gasteiger partial charge in [0.05, 0.1) is 5.69 Å². The number of aromatic nitrogens is 1. The highest BCUT2D eigenvalue weighted by molar-refractivity contribution is 6.32. The third-order valence-electron chi connectivity index (χ3n) is 5.85. The minimum absolute atomic E-state index is 0.170. The molecule has 2 heterocycles. The molecular formula is C27H23ClN4O3. The van der Waals surface area contributed by atoms with Gasteiger partial charge >= 0.3 is 6.09 Å². The maximum atomic E-state index is 12.7. The number of nitrogens with zero attached hydrogens (tertiary/aromatic N) is 1. The van der Waals surface area contributed by atoms with Crippen LogP contribution in [0.5, 0.6) is 5.75 Å². The van der Waals surface area contributed by atoms with Crippen LogP contribution in [-0.4, -0.2) is 35.0 Å². The summed E-state index contributed by atoms with van der Waals surface area (Å²) in [4.78, 5) is 29.4. The zero-order chi connectivity index (χ0) is 24.4. The third-order valence-corrected chi connectivity index (χ3v) is 6.17. The number of carbonyl (C=O) groups is 2. The van der Waals surface area contributed by atoms with E-state index in [2.05, 4.69) is 45.5 Å². The third kappa shape index (κ3) is 5.21. The van der Waals surface area contributed by atoms with Crippen LogP contribution in [-0.2, 0) is 6.54 Å². The Balaban J connectivity index is 1.21. The summed E-state index contributed by atoms with van der Waals surface area (Å²) in [7, 11) is 0. The molecule has 1 aliphatic heterocycles. The Morgan fingerprint density at radius 1 is 1.09 bits per heavy atom. The summed E-state index contributed by atoms with van der Waals surface area (Å²) in [5.74, 6) is -0.205. The van der Waals surface area contributed by atoms with Crippen LogP contribution in [0.25, 0.3) is 17.0 Å². The van der Waals surface area contributed by atoms with Crippen LogP contribution in [0.4, 0.5) is 10.5 Å². The van der Waals surface area contributed by atoms with E-state index in [-0.39, 0.29) is 11.7 Å². The van der Waals surface area contributed by atoms with E-state index in [1.807, 2.05) is 12.3 Å². The van der Waals surface area contributed by atoms with Crippen molar-refractivity contribution in [2.24, 2.45) is 5.73 Å². The minimum atomic E-state index is -0.955. The van der Waals surface area contributed by atoms with Crippen LogP contribution in [0.3, 0.4) is 0 Å². The number of benzene rings is 3. The molecule has 35 heavy (non-hydrogen) atoms. The van der Waals surface area contributed by atoms with Gasteiger partial charge in [-0.2, -0.15) is 0 Å². The van der Waals surface area contributed by atoms with E-state index in [9.17, 15) is 9.59 Å². The largest absolute Gasteiger partial charge is 0.410 e. The standard InChI is InChI=1S/C27H23ClN4O3/c28-22-13-21(26(33)31-23-3-1-2-4-25(23)35-27(29)34)8-7-20(22)11-18-15-32(16-18)14-17-5-6-19-9-10-30-24(19)12-17/h1-13,30H,14-16H2,(H2,29,34)(H,31,33). The molecule has 7 nitrogen and oxygen atoms in total. The van der Waals surface area contributed by atoms with Crippen molar-refractivity contribution in [3.8, 4) is 5.75 Å². The number of H-pyrrole nitrogens is 1. The molecule has 2 amide bonds. The van der Waals surface area contributed by atoms with Gasteiger partial charge in [0.15, 0.2) is 5.75 Å². The summed E-state index contributed by atoms with van der Waals surface area (Å²) in [6.45, 7) is 2.63. The van der Waals surface area contributed by atoms with Crippen molar-refractivity contribution in [2.75, 3.05) is 18.4 Å². The van der Waals surface area contributed by atoms with E-state index in [1.54, 1.807) is 36.4 Å². The van der Waals surface area contributed by atoms with Crippen molar-refractivity contribution >= 4 is 46.3 Å². The molecule has 176 valence electrons. The molecule has 8 heteroatoms. The Bertz CT molecular complexity index is 1450. The zero-order valence-electron chi connectivity index (χ0n) is 18.8. The first kappa shape index (κ1) is 22.7. The summed E-state index contributed by atoms with van der Waals surface area (Å²) in [5, 5.41) is 4.43. The average Bonchev–Trinajstić information content (AvgIpc) is 3.27. The number of aromatic amines is 1. The molecule has 0 aliphatic carbocycles. The molecule has 4 N–H and O–H groups in total. The van der Waals surface area contributed by atoms with Gasteiger partial charge in [0.1, 0.15) is 0 Å². The van der Waals surface area contributed by atoms with E-state index in [1.165, 1.54) is 16.5 Å². The number of hydrogen-bond acceptors (Lipinski definition) is 4. The van der Waals surface area contributed by atoms with Crippen LogP contribution in [0.1, 0.15) is 21.5 Å². The molecule has 1 fully saturated rings. The van der Waals surface area contributed by atoms with Gasteiger partial charge in [0.25, 0.3) is 5.91 Å². The molecule has 0 saturated carbocycles. The molecule has 1 saturated heterocycles. The number of carbonyl (C=O) groups excluding carboxylic acids is 2. The van der Waals surface area contributed by atoms with Gasteiger partial charge in [-0.05, 0) is 58.5 Å². The number of ether oxygens (including phenoxy) is 1. The lowest BCUT2D eigenvalue weighted by Crippen LogP contribution is -2.39. The van der Waals surface area contributed by atoms with E-state index in [0.717, 1.165) is 30.7 Å². The fourth-order valence-electron chi connectivity index (χ4n) is 4.15. The number of halogens is 1. The summed E-state index contributed by atoms with van der Waals surface area (Å²) in [5.41, 5.74) is 10.4. The predicted molar refractivity (Wildman–Crippen MR) is 138 cm³/mol. The lowest BCUT2D eigenvalue weighted by Gasteiger charge is -2.34. The van der Waals surface area contributed by atoms with E-state index >= 15 is 0 Å². The molecule has 5 rings (SSSR count). The predicted octanol–water partition coefficient (Wildman–Crippen LogP) is 5.43. The number of nitrogens with two attached hydrogens (primary N) is 1. The fraction of sp³-hybridized carbons (Fsp3) is 0.111. The number of likely N-dealkylation sites (tertiary alicyclic amines) is 1. The van der Waals surface area contributed by atoms with Crippen LogP contribution >= 0.6 is 11.6 Å². The first-order chi connectivity index (χ1) is 16.9. The smallest absolute Gasteiger partial charge is 0.408 e. The maximum absolute atomic E-state index is 12.7. The highest BCUT2D eigenvalue weighted by Crippen LogP contribution is 2.28. The fourth-order valence-corrected chi connectivity index (χ4v) is 4.38. The SMILES string of the molecule is NC(=O)Oc1ccccc1NC(=O)c1ccc(C=C2CN(Cc3ccc4cc[nH]c4c3)C2)c(Cl)c1. The Morgan fingerprint density at radius 2 is 1.91 bits per heavy atom. The van der Waals surface area contributed by atoms with Gasteiger partial charge in [-0.1, -0.05) is 48.0 Å². The van der Waals surface area contributed by atoms with E-state index in [0.29, 0.717) is 16.3 Å². The quantitative estimate of drug-likeness (QED) is 0.338. The Labute approximate surface area is 207 Å². The van der Waals surface area contributed by atoms with E-state index < -0.39 is 6.09 Å². The number of primary amides is 1. The van der Waals surface area contributed by atoms with Crippen LogP contribution in [0.15, 0.2) is 78.5 Å². The van der Waals surface area contributed by atoms with Crippen LogP contribution < -0.4 is 15.8 Å². The summed E-state index contributed by atoms with van der Waals surface area (Å²) < 4.78 is 4.93. The zero-order valence-corrected chi connectivity index (χ0v) is 19.5. The van der Waals surface area contributed by atoms with Gasteiger partial charge in [-0.3, -0.25) is 9.69 Å². The number of para-hydroxylation sites is 2. The molecule has 4 aromatic rings. The second-order valence-corrected chi connectivity index (χ2v) is 8.86. The van der Waals surface area contributed by atoms with Crippen molar-refractivity contribution in [1.29, 1.82) is 0 Å². The molecule has 0 atom stereocenters. The number of nitrogens with one attached hydrogen (secondary N) is 2. The van der Waals surface area contributed by atoms with Gasteiger partial charge in [-0.25, -0.2) is 4.79 Å². The van der Waals surface area contributed by atoms with Crippen LogP contribution in [0, 0.1) is 0 Å². The Hall–Kier alpha value is -4.07. The van der Waals surface area contributed by atoms with Crippen molar-refractivity contribution in [3.05, 3.63) is 100 Å². The number of rotatable bonds is 6. The molecule has 1 aliphatic rings. The highest BCUT2D eigenvalue weighted by Gasteiger charge is 2.21. The van der Waals surface area contributed by atoms with Gasteiger partial charge in [0, 0.05) is 41.9 Å². The average molecular weight is 487 g/mol. The first-order valence-corrected chi connectivity index (χ1v) is 11.5. The highest BCUT2D eigenvalue weighted by atomic mass is 35.5. The molecule has 0 bridgehead atoms. The molecular weight excluding hydrogens is 464 g/mol. The lowest BCUT2D eigenvalue weighted by atomic mass is 10.0. The number of amides is 2. The lowest BCUT2D eigenvalue weighted by molar-refractivity contribution is 0.102. The first-order valence-electron chi connectivity index (χ1n) is 11.1. The topological polar surface area (TPSA) is 100 Å². The summed E-state index contributed by atoms with van der Waals surface area (Å²) in [6.07, 6.45) is 3.07.